The van der Waals surface area contributed by atoms with Gasteiger partial charge in [-0.05, 0) is 37.1 Å². The van der Waals surface area contributed by atoms with E-state index in [1.807, 2.05) is 13.0 Å². The van der Waals surface area contributed by atoms with Crippen LogP contribution in [0.5, 0.6) is 11.5 Å². The van der Waals surface area contributed by atoms with Crippen molar-refractivity contribution in [2.75, 3.05) is 19.0 Å². The van der Waals surface area contributed by atoms with Crippen LogP contribution in [0.25, 0.3) is 10.9 Å². The van der Waals surface area contributed by atoms with E-state index in [1.54, 1.807) is 18.2 Å². The first-order chi connectivity index (χ1) is 13.5. The number of benzene rings is 2. The molecule has 0 saturated heterocycles. The molecule has 1 amide bonds. The third-order valence-corrected chi connectivity index (χ3v) is 4.12. The number of nitrogens with zero attached hydrogens (tertiary/aromatic N) is 2. The van der Waals surface area contributed by atoms with Gasteiger partial charge in [0.05, 0.1) is 24.9 Å². The van der Waals surface area contributed by atoms with Gasteiger partial charge >= 0.3 is 0 Å². The quantitative estimate of drug-likeness (QED) is 0.577. The molecule has 0 aliphatic heterocycles. The average molecular weight is 384 g/mol. The van der Waals surface area contributed by atoms with Gasteiger partial charge in [-0.1, -0.05) is 6.07 Å². The molecule has 3 rings (SSSR count). The van der Waals surface area contributed by atoms with Crippen molar-refractivity contribution < 1.29 is 18.7 Å². The van der Waals surface area contributed by atoms with E-state index in [4.69, 9.17) is 15.2 Å². The van der Waals surface area contributed by atoms with E-state index < -0.39 is 0 Å². The highest BCUT2D eigenvalue weighted by Crippen LogP contribution is 2.35. The molecule has 146 valence electrons. The molecule has 0 radical (unpaired) electrons. The molecule has 0 fully saturated rings. The average Bonchev–Trinajstić information content (AvgIpc) is 2.66. The summed E-state index contributed by atoms with van der Waals surface area (Å²) in [5, 5.41) is 3.66. The van der Waals surface area contributed by atoms with E-state index >= 15 is 0 Å². The molecule has 0 bridgehead atoms. The van der Waals surface area contributed by atoms with E-state index in [0.717, 1.165) is 5.56 Å². The number of ether oxygens (including phenoxy) is 2. The lowest BCUT2D eigenvalue weighted by Crippen LogP contribution is -2.12. The first-order valence-electron chi connectivity index (χ1n) is 8.75. The summed E-state index contributed by atoms with van der Waals surface area (Å²) in [4.78, 5) is 19.3. The van der Waals surface area contributed by atoms with Gasteiger partial charge in [-0.15, -0.1) is 0 Å². The molecular weight excluding hydrogens is 363 g/mol. The Bertz CT molecular complexity index is 1010. The van der Waals surface area contributed by atoms with Gasteiger partial charge in [0.15, 0.2) is 11.5 Å². The summed E-state index contributed by atoms with van der Waals surface area (Å²) in [6, 6.07) is 8.37. The van der Waals surface area contributed by atoms with Crippen LogP contribution in [0.3, 0.4) is 0 Å². The molecule has 3 N–H and O–H groups in total. The minimum atomic E-state index is -0.374. The van der Waals surface area contributed by atoms with Crippen molar-refractivity contribution >= 4 is 28.3 Å². The highest BCUT2D eigenvalue weighted by Gasteiger charge is 2.13. The second kappa shape index (κ2) is 8.51. The molecule has 1 heterocycles. The third kappa shape index (κ3) is 4.46. The van der Waals surface area contributed by atoms with E-state index in [1.165, 1.54) is 19.5 Å². The Morgan fingerprint density at radius 1 is 1.21 bits per heavy atom. The molecule has 0 spiro atoms. The zero-order valence-corrected chi connectivity index (χ0v) is 15.7. The summed E-state index contributed by atoms with van der Waals surface area (Å²) < 4.78 is 25.3. The number of amides is 1. The van der Waals surface area contributed by atoms with Crippen LogP contribution in [-0.4, -0.2) is 29.6 Å². The topological polar surface area (TPSA) is 99.4 Å². The predicted molar refractivity (Wildman–Crippen MR) is 104 cm³/mol. The smallest absolute Gasteiger partial charge is 0.217 e. The number of carbonyl (C=O) groups excluding carboxylic acids is 1. The van der Waals surface area contributed by atoms with Crippen LogP contribution in [0.15, 0.2) is 36.7 Å². The summed E-state index contributed by atoms with van der Waals surface area (Å²) in [5.41, 5.74) is 6.88. The molecule has 2 aromatic carbocycles. The van der Waals surface area contributed by atoms with Crippen molar-refractivity contribution in [2.45, 2.75) is 19.8 Å². The van der Waals surface area contributed by atoms with Crippen LogP contribution in [0.2, 0.25) is 0 Å². The second-order valence-corrected chi connectivity index (χ2v) is 6.27. The van der Waals surface area contributed by atoms with Gasteiger partial charge in [0, 0.05) is 17.9 Å². The fourth-order valence-electron chi connectivity index (χ4n) is 2.71. The molecule has 0 saturated carbocycles. The lowest BCUT2D eigenvalue weighted by Gasteiger charge is -2.14. The standard InChI is InChI=1S/C20H21FN4O3/c1-12-5-6-15(14(21)8-12)25-20-13-9-17(27-2)18(10-16(13)23-11-24-20)28-7-3-4-19(22)26/h5-6,8-11H,3-4,7H2,1-2H3,(H2,22,26)(H,23,24,25). The molecule has 1 aromatic heterocycles. The monoisotopic (exact) mass is 384 g/mol. The Morgan fingerprint density at radius 3 is 2.75 bits per heavy atom. The molecule has 3 aromatic rings. The second-order valence-electron chi connectivity index (χ2n) is 6.27. The number of methoxy groups -OCH3 is 1. The molecule has 0 atom stereocenters. The molecule has 0 aliphatic rings. The van der Waals surface area contributed by atoms with Crippen LogP contribution >= 0.6 is 0 Å². The Morgan fingerprint density at radius 2 is 2.04 bits per heavy atom. The van der Waals surface area contributed by atoms with E-state index in [-0.39, 0.29) is 18.1 Å². The van der Waals surface area contributed by atoms with Crippen LogP contribution < -0.4 is 20.5 Å². The summed E-state index contributed by atoms with van der Waals surface area (Å²) in [7, 11) is 1.52. The lowest BCUT2D eigenvalue weighted by molar-refractivity contribution is -0.118. The first-order valence-corrected chi connectivity index (χ1v) is 8.75. The number of nitrogens with two attached hydrogens (primary N) is 1. The SMILES string of the molecule is COc1cc2c(Nc3ccc(C)cc3F)ncnc2cc1OCCCC(N)=O. The number of rotatable bonds is 8. The molecule has 28 heavy (non-hydrogen) atoms. The maximum absolute atomic E-state index is 14.2. The largest absolute Gasteiger partial charge is 0.493 e. The minimum Gasteiger partial charge on any atom is -0.493 e. The number of carbonyl (C=O) groups is 1. The van der Waals surface area contributed by atoms with Gasteiger partial charge < -0.3 is 20.5 Å². The maximum Gasteiger partial charge on any atom is 0.217 e. The van der Waals surface area contributed by atoms with Crippen molar-refractivity contribution in [3.05, 3.63) is 48.0 Å². The number of nitrogens with one attached hydrogen (secondary N) is 1. The van der Waals surface area contributed by atoms with Gasteiger partial charge in [0.25, 0.3) is 0 Å². The van der Waals surface area contributed by atoms with Crippen LogP contribution in [0.4, 0.5) is 15.9 Å². The molecule has 0 aliphatic carbocycles. The Kier molecular flexibility index (Phi) is 5.88. The van der Waals surface area contributed by atoms with Crippen molar-refractivity contribution in [1.82, 2.24) is 9.97 Å². The number of primary amides is 1. The van der Waals surface area contributed by atoms with Crippen molar-refractivity contribution in [2.24, 2.45) is 5.73 Å². The number of fused-ring (bicyclic) bond motifs is 1. The zero-order valence-electron chi connectivity index (χ0n) is 15.7. The number of hydrogen-bond donors (Lipinski definition) is 2. The Labute approximate surface area is 161 Å². The van der Waals surface area contributed by atoms with Crippen LogP contribution in [0, 0.1) is 12.7 Å². The molecule has 0 unspecified atom stereocenters. The normalized spacial score (nSPS) is 10.7. The Hall–Kier alpha value is -3.42. The van der Waals surface area contributed by atoms with Crippen LogP contribution in [-0.2, 0) is 4.79 Å². The summed E-state index contributed by atoms with van der Waals surface area (Å²) >= 11 is 0. The first kappa shape index (κ1) is 19.3. The van der Waals surface area contributed by atoms with E-state index in [2.05, 4.69) is 15.3 Å². The van der Waals surface area contributed by atoms with Gasteiger partial charge in [0.1, 0.15) is 18.0 Å². The molecule has 7 nitrogen and oxygen atoms in total. The maximum atomic E-state index is 14.2. The van der Waals surface area contributed by atoms with Crippen LogP contribution in [0.1, 0.15) is 18.4 Å². The lowest BCUT2D eigenvalue weighted by atomic mass is 10.2. The predicted octanol–water partition coefficient (Wildman–Crippen LogP) is 3.47. The Balaban J connectivity index is 1.90. The van der Waals surface area contributed by atoms with Gasteiger partial charge in [-0.3, -0.25) is 4.79 Å². The van der Waals surface area contributed by atoms with Gasteiger partial charge in [0.2, 0.25) is 5.91 Å². The fourth-order valence-corrected chi connectivity index (χ4v) is 2.71. The van der Waals surface area contributed by atoms with Gasteiger partial charge in [-0.25, -0.2) is 14.4 Å². The number of aromatic nitrogens is 2. The van der Waals surface area contributed by atoms with Crippen molar-refractivity contribution in [3.63, 3.8) is 0 Å². The van der Waals surface area contributed by atoms with Crippen molar-refractivity contribution in [3.8, 4) is 11.5 Å². The summed E-state index contributed by atoms with van der Waals surface area (Å²) in [6.07, 6.45) is 2.13. The van der Waals surface area contributed by atoms with E-state index in [0.29, 0.717) is 46.9 Å². The number of aryl methyl sites for hydroxylation is 1. The fraction of sp³-hybridized carbons (Fsp3) is 0.250. The highest BCUT2D eigenvalue weighted by molar-refractivity contribution is 5.93. The highest BCUT2D eigenvalue weighted by atomic mass is 19.1. The van der Waals surface area contributed by atoms with Crippen molar-refractivity contribution in [1.29, 1.82) is 0 Å². The van der Waals surface area contributed by atoms with Gasteiger partial charge in [-0.2, -0.15) is 0 Å². The zero-order chi connectivity index (χ0) is 20.1. The third-order valence-electron chi connectivity index (χ3n) is 4.12. The van der Waals surface area contributed by atoms with E-state index in [9.17, 15) is 9.18 Å². The summed E-state index contributed by atoms with van der Waals surface area (Å²) in [6.45, 7) is 2.14. The number of halogens is 1. The number of hydrogen-bond acceptors (Lipinski definition) is 6. The molecule has 8 heteroatoms. The molecular formula is C20H21FN4O3. The summed E-state index contributed by atoms with van der Waals surface area (Å²) in [5.74, 6) is 0.680. The minimum absolute atomic E-state index is 0.244. The number of anilines is 2.